The third-order valence-electron chi connectivity index (χ3n) is 3.94. The van der Waals surface area contributed by atoms with E-state index in [0.29, 0.717) is 24.3 Å². The maximum absolute atomic E-state index is 12.3. The highest BCUT2D eigenvalue weighted by Crippen LogP contribution is 2.13. The third kappa shape index (κ3) is 3.71. The smallest absolute Gasteiger partial charge is 0.274 e. The number of aromatic nitrogens is 2. The van der Waals surface area contributed by atoms with Crippen molar-refractivity contribution >= 4 is 11.8 Å². The van der Waals surface area contributed by atoms with Crippen molar-refractivity contribution in [1.82, 2.24) is 20.2 Å². The molecule has 0 unspecified atom stereocenters. The van der Waals surface area contributed by atoms with Gasteiger partial charge in [0.05, 0.1) is 6.20 Å². The first-order valence-electron chi connectivity index (χ1n) is 7.65. The lowest BCUT2D eigenvalue weighted by Gasteiger charge is -2.32. The number of amides is 2. The van der Waals surface area contributed by atoms with E-state index in [1.54, 1.807) is 23.2 Å². The van der Waals surface area contributed by atoms with Gasteiger partial charge in [-0.3, -0.25) is 14.6 Å². The van der Waals surface area contributed by atoms with Crippen molar-refractivity contribution in [1.29, 1.82) is 0 Å². The summed E-state index contributed by atoms with van der Waals surface area (Å²) >= 11 is 0. The van der Waals surface area contributed by atoms with Gasteiger partial charge in [-0.1, -0.05) is 18.2 Å². The monoisotopic (exact) mass is 310 g/mol. The summed E-state index contributed by atoms with van der Waals surface area (Å²) in [6, 6.07) is 9.25. The second kappa shape index (κ2) is 7.00. The van der Waals surface area contributed by atoms with Crippen LogP contribution in [0.5, 0.6) is 0 Å². The molecule has 2 heterocycles. The fourth-order valence-electron chi connectivity index (χ4n) is 2.66. The molecule has 3 rings (SSSR count). The minimum absolute atomic E-state index is 0.0655. The molecule has 1 aromatic carbocycles. The van der Waals surface area contributed by atoms with Gasteiger partial charge in [0.1, 0.15) is 5.69 Å². The summed E-state index contributed by atoms with van der Waals surface area (Å²) in [6.07, 6.45) is 6.02. The van der Waals surface area contributed by atoms with Crippen LogP contribution in [-0.4, -0.2) is 45.8 Å². The third-order valence-corrected chi connectivity index (χ3v) is 3.94. The molecule has 0 spiro atoms. The van der Waals surface area contributed by atoms with Gasteiger partial charge in [-0.15, -0.1) is 0 Å². The molecule has 1 fully saturated rings. The number of carbonyl (C=O) groups excluding carboxylic acids is 2. The van der Waals surface area contributed by atoms with Crippen molar-refractivity contribution in [3.63, 3.8) is 0 Å². The van der Waals surface area contributed by atoms with Crippen molar-refractivity contribution in [3.8, 4) is 0 Å². The first kappa shape index (κ1) is 15.1. The summed E-state index contributed by atoms with van der Waals surface area (Å²) in [7, 11) is 0. The van der Waals surface area contributed by atoms with Crippen molar-refractivity contribution in [2.75, 3.05) is 13.1 Å². The quantitative estimate of drug-likeness (QED) is 0.932. The lowest BCUT2D eigenvalue weighted by atomic mass is 10.0. The number of rotatable bonds is 3. The first-order chi connectivity index (χ1) is 11.2. The molecule has 1 aromatic heterocycles. The Kier molecular flexibility index (Phi) is 4.61. The average Bonchev–Trinajstić information content (AvgIpc) is 2.63. The Balaban J connectivity index is 1.53. The molecule has 0 atom stereocenters. The lowest BCUT2D eigenvalue weighted by molar-refractivity contribution is 0.0692. The summed E-state index contributed by atoms with van der Waals surface area (Å²) in [5, 5.41) is 3.03. The van der Waals surface area contributed by atoms with Gasteiger partial charge in [0.2, 0.25) is 0 Å². The Morgan fingerprint density at radius 3 is 2.48 bits per heavy atom. The summed E-state index contributed by atoms with van der Waals surface area (Å²) in [6.45, 7) is 1.21. The first-order valence-corrected chi connectivity index (χ1v) is 7.65. The van der Waals surface area contributed by atoms with Crippen LogP contribution in [0.15, 0.2) is 48.9 Å². The van der Waals surface area contributed by atoms with Crippen molar-refractivity contribution in [2.24, 2.45) is 0 Å². The Morgan fingerprint density at radius 2 is 1.83 bits per heavy atom. The number of benzene rings is 1. The van der Waals surface area contributed by atoms with E-state index >= 15 is 0 Å². The van der Waals surface area contributed by atoms with E-state index in [2.05, 4.69) is 15.3 Å². The van der Waals surface area contributed by atoms with Crippen LogP contribution in [0.3, 0.4) is 0 Å². The molecular formula is C17H18N4O2. The standard InChI is InChI=1S/C17H18N4O2/c22-16(13-4-2-1-3-5-13)20-14-6-10-21(11-7-14)17(23)15-12-18-8-9-19-15/h1-5,8-9,12,14H,6-7,10-11H2,(H,20,22). The zero-order chi connectivity index (χ0) is 16.1. The zero-order valence-electron chi connectivity index (χ0n) is 12.7. The SMILES string of the molecule is O=C(NC1CCN(C(=O)c2cnccn2)CC1)c1ccccc1. The predicted octanol–water partition coefficient (Wildman–Crippen LogP) is 1.51. The molecule has 1 aliphatic rings. The molecule has 0 bridgehead atoms. The largest absolute Gasteiger partial charge is 0.349 e. The normalized spacial score (nSPS) is 15.2. The molecule has 1 N–H and O–H groups in total. The molecule has 1 aliphatic heterocycles. The van der Waals surface area contributed by atoms with Gasteiger partial charge in [0.25, 0.3) is 11.8 Å². The van der Waals surface area contributed by atoms with E-state index in [9.17, 15) is 9.59 Å². The number of hydrogen-bond donors (Lipinski definition) is 1. The Bertz CT molecular complexity index is 668. The molecule has 2 aromatic rings. The molecule has 0 radical (unpaired) electrons. The van der Waals surface area contributed by atoms with Crippen LogP contribution in [-0.2, 0) is 0 Å². The van der Waals surface area contributed by atoms with Gasteiger partial charge < -0.3 is 10.2 Å². The maximum Gasteiger partial charge on any atom is 0.274 e. The topological polar surface area (TPSA) is 75.2 Å². The molecule has 0 aliphatic carbocycles. The summed E-state index contributed by atoms with van der Waals surface area (Å²) in [4.78, 5) is 34.1. The number of piperidine rings is 1. The van der Waals surface area contributed by atoms with Crippen LogP contribution in [0.4, 0.5) is 0 Å². The minimum Gasteiger partial charge on any atom is -0.349 e. The van der Waals surface area contributed by atoms with E-state index in [0.717, 1.165) is 12.8 Å². The Hall–Kier alpha value is -2.76. The van der Waals surface area contributed by atoms with E-state index < -0.39 is 0 Å². The molecule has 118 valence electrons. The fourth-order valence-corrected chi connectivity index (χ4v) is 2.66. The highest BCUT2D eigenvalue weighted by Gasteiger charge is 2.25. The molecule has 6 nitrogen and oxygen atoms in total. The number of carbonyl (C=O) groups is 2. The van der Waals surface area contributed by atoms with Crippen LogP contribution in [0.2, 0.25) is 0 Å². The van der Waals surface area contributed by atoms with Crippen molar-refractivity contribution in [3.05, 3.63) is 60.2 Å². The molecule has 23 heavy (non-hydrogen) atoms. The van der Waals surface area contributed by atoms with Crippen molar-refractivity contribution < 1.29 is 9.59 Å². The number of likely N-dealkylation sites (tertiary alicyclic amines) is 1. The van der Waals surface area contributed by atoms with Gasteiger partial charge in [-0.2, -0.15) is 0 Å². The van der Waals surface area contributed by atoms with Gasteiger partial charge in [0.15, 0.2) is 0 Å². The fraction of sp³-hybridized carbons (Fsp3) is 0.294. The predicted molar refractivity (Wildman–Crippen MR) is 84.9 cm³/mol. The molecule has 2 amide bonds. The zero-order valence-corrected chi connectivity index (χ0v) is 12.7. The van der Waals surface area contributed by atoms with Crippen molar-refractivity contribution in [2.45, 2.75) is 18.9 Å². The molecule has 1 saturated heterocycles. The molecule has 0 saturated carbocycles. The number of nitrogens with zero attached hydrogens (tertiary/aromatic N) is 3. The lowest BCUT2D eigenvalue weighted by Crippen LogP contribution is -2.46. The Morgan fingerprint density at radius 1 is 1.09 bits per heavy atom. The molecule has 6 heteroatoms. The van der Waals surface area contributed by atoms with Crippen LogP contribution >= 0.6 is 0 Å². The van der Waals surface area contributed by atoms with Crippen LogP contribution in [0, 0.1) is 0 Å². The molecular weight excluding hydrogens is 292 g/mol. The summed E-state index contributed by atoms with van der Waals surface area (Å²) in [5.41, 5.74) is 1.02. The van der Waals surface area contributed by atoms with Crippen LogP contribution in [0.25, 0.3) is 0 Å². The van der Waals surface area contributed by atoms with Crippen LogP contribution in [0.1, 0.15) is 33.7 Å². The number of hydrogen-bond acceptors (Lipinski definition) is 4. The maximum atomic E-state index is 12.3. The van der Waals surface area contributed by atoms with E-state index in [4.69, 9.17) is 0 Å². The van der Waals surface area contributed by atoms with Gasteiger partial charge in [-0.25, -0.2) is 4.98 Å². The van der Waals surface area contributed by atoms with E-state index in [1.165, 1.54) is 12.4 Å². The highest BCUT2D eigenvalue weighted by molar-refractivity contribution is 5.94. The van der Waals surface area contributed by atoms with Gasteiger partial charge in [-0.05, 0) is 25.0 Å². The second-order valence-electron chi connectivity index (χ2n) is 5.50. The summed E-state index contributed by atoms with van der Waals surface area (Å²) in [5.74, 6) is -0.171. The van der Waals surface area contributed by atoms with Gasteiger partial charge in [0, 0.05) is 37.1 Å². The van der Waals surface area contributed by atoms with Gasteiger partial charge >= 0.3 is 0 Å². The van der Waals surface area contributed by atoms with Crippen LogP contribution < -0.4 is 5.32 Å². The number of nitrogens with one attached hydrogen (secondary N) is 1. The van der Waals surface area contributed by atoms with E-state index in [1.807, 2.05) is 18.2 Å². The Labute approximate surface area is 134 Å². The second-order valence-corrected chi connectivity index (χ2v) is 5.50. The minimum atomic E-state index is -0.106. The highest BCUT2D eigenvalue weighted by atomic mass is 16.2. The van der Waals surface area contributed by atoms with E-state index in [-0.39, 0.29) is 17.9 Å². The average molecular weight is 310 g/mol. The summed E-state index contributed by atoms with van der Waals surface area (Å²) < 4.78 is 0.